The van der Waals surface area contributed by atoms with E-state index in [2.05, 4.69) is 20.8 Å². The largest absolute Gasteiger partial charge is 0.347 e. The van der Waals surface area contributed by atoms with Gasteiger partial charge in [-0.15, -0.1) is 12.4 Å². The monoisotopic (exact) mass is 328 g/mol. The molecule has 0 spiro atoms. The molecule has 112 valence electrons. The van der Waals surface area contributed by atoms with E-state index in [1.807, 2.05) is 12.1 Å². The summed E-state index contributed by atoms with van der Waals surface area (Å²) >= 11 is 5.91. The SMILES string of the molecule is Cl.O=C(NCc1nc(-c2cccc(Cl)c2)no1)C1CNC1. The Morgan fingerprint density at radius 3 is 2.95 bits per heavy atom. The summed E-state index contributed by atoms with van der Waals surface area (Å²) in [6, 6.07) is 7.20. The van der Waals surface area contributed by atoms with Crippen LogP contribution in [0.15, 0.2) is 28.8 Å². The zero-order valence-corrected chi connectivity index (χ0v) is 12.6. The number of nitrogens with one attached hydrogen (secondary N) is 2. The molecule has 0 saturated carbocycles. The fourth-order valence-corrected chi connectivity index (χ4v) is 2.04. The molecular formula is C13H14Cl2N4O2. The van der Waals surface area contributed by atoms with Gasteiger partial charge in [-0.1, -0.05) is 28.9 Å². The summed E-state index contributed by atoms with van der Waals surface area (Å²) in [7, 11) is 0. The Labute approximate surface area is 132 Å². The zero-order chi connectivity index (χ0) is 13.9. The van der Waals surface area contributed by atoms with Crippen molar-refractivity contribution in [3.05, 3.63) is 35.2 Å². The van der Waals surface area contributed by atoms with E-state index < -0.39 is 0 Å². The number of rotatable bonds is 4. The lowest BCUT2D eigenvalue weighted by Gasteiger charge is -2.25. The fraction of sp³-hybridized carbons (Fsp3) is 0.308. The molecule has 3 rings (SSSR count). The summed E-state index contributed by atoms with van der Waals surface area (Å²) < 4.78 is 5.11. The minimum Gasteiger partial charge on any atom is -0.347 e. The lowest BCUT2D eigenvalue weighted by Crippen LogP contribution is -2.50. The van der Waals surface area contributed by atoms with Crippen LogP contribution < -0.4 is 10.6 Å². The first-order valence-corrected chi connectivity index (χ1v) is 6.67. The molecule has 0 atom stereocenters. The van der Waals surface area contributed by atoms with Crippen molar-refractivity contribution in [1.82, 2.24) is 20.8 Å². The summed E-state index contributed by atoms with van der Waals surface area (Å²) in [6.45, 7) is 1.69. The van der Waals surface area contributed by atoms with E-state index in [9.17, 15) is 4.79 Å². The lowest BCUT2D eigenvalue weighted by atomic mass is 10.0. The average molecular weight is 329 g/mol. The predicted molar refractivity (Wildman–Crippen MR) is 80.2 cm³/mol. The highest BCUT2D eigenvalue weighted by atomic mass is 35.5. The van der Waals surface area contributed by atoms with Gasteiger partial charge in [-0.25, -0.2) is 0 Å². The maximum Gasteiger partial charge on any atom is 0.246 e. The molecule has 1 fully saturated rings. The molecular weight excluding hydrogens is 315 g/mol. The number of hydrogen-bond donors (Lipinski definition) is 2. The van der Waals surface area contributed by atoms with Crippen LogP contribution in [0.2, 0.25) is 5.02 Å². The Morgan fingerprint density at radius 2 is 2.29 bits per heavy atom. The van der Waals surface area contributed by atoms with Gasteiger partial charge in [0.15, 0.2) is 0 Å². The van der Waals surface area contributed by atoms with Crippen LogP contribution in [0.1, 0.15) is 5.89 Å². The molecule has 2 heterocycles. The van der Waals surface area contributed by atoms with Gasteiger partial charge in [0.05, 0.1) is 12.5 Å². The minimum absolute atomic E-state index is 0. The van der Waals surface area contributed by atoms with Crippen LogP contribution in [0.4, 0.5) is 0 Å². The van der Waals surface area contributed by atoms with Crippen LogP contribution in [-0.4, -0.2) is 29.1 Å². The first kappa shape index (κ1) is 15.8. The number of amides is 1. The Kier molecular flexibility index (Phi) is 5.17. The highest BCUT2D eigenvalue weighted by molar-refractivity contribution is 6.30. The molecule has 8 heteroatoms. The molecule has 2 aromatic rings. The molecule has 0 radical (unpaired) electrons. The minimum atomic E-state index is 0. The molecule has 0 aliphatic carbocycles. The van der Waals surface area contributed by atoms with Crippen LogP contribution in [0.25, 0.3) is 11.4 Å². The quantitative estimate of drug-likeness (QED) is 0.892. The van der Waals surface area contributed by atoms with E-state index in [1.165, 1.54) is 0 Å². The second-order valence-corrected chi connectivity index (χ2v) is 5.03. The zero-order valence-electron chi connectivity index (χ0n) is 11.0. The second-order valence-electron chi connectivity index (χ2n) is 4.60. The summed E-state index contributed by atoms with van der Waals surface area (Å²) in [5.74, 6) is 0.888. The van der Waals surface area contributed by atoms with Gasteiger partial charge in [-0.05, 0) is 12.1 Å². The standard InChI is InChI=1S/C13H13ClN4O2.ClH/c14-10-3-1-2-8(4-10)12-17-11(20-18-12)7-16-13(19)9-5-15-6-9;/h1-4,9,15H,5-7H2,(H,16,19);1H. The van der Waals surface area contributed by atoms with Crippen molar-refractivity contribution in [3.8, 4) is 11.4 Å². The highest BCUT2D eigenvalue weighted by Crippen LogP contribution is 2.19. The van der Waals surface area contributed by atoms with Crippen molar-refractivity contribution in [2.45, 2.75) is 6.54 Å². The van der Waals surface area contributed by atoms with Crippen molar-refractivity contribution < 1.29 is 9.32 Å². The number of benzene rings is 1. The van der Waals surface area contributed by atoms with Crippen LogP contribution in [0.5, 0.6) is 0 Å². The van der Waals surface area contributed by atoms with Gasteiger partial charge in [0.25, 0.3) is 0 Å². The van der Waals surface area contributed by atoms with E-state index in [0.29, 0.717) is 16.7 Å². The highest BCUT2D eigenvalue weighted by Gasteiger charge is 2.24. The molecule has 1 amide bonds. The number of nitrogens with zero attached hydrogens (tertiary/aromatic N) is 2. The third kappa shape index (κ3) is 3.72. The first-order chi connectivity index (χ1) is 9.72. The van der Waals surface area contributed by atoms with Gasteiger partial charge in [0.2, 0.25) is 17.6 Å². The lowest BCUT2D eigenvalue weighted by molar-refractivity contribution is -0.126. The van der Waals surface area contributed by atoms with E-state index in [1.54, 1.807) is 12.1 Å². The summed E-state index contributed by atoms with van der Waals surface area (Å²) in [5, 5.41) is 10.3. The molecule has 0 bridgehead atoms. The predicted octanol–water partition coefficient (Wildman–Crippen LogP) is 1.65. The molecule has 1 saturated heterocycles. The maximum atomic E-state index is 11.7. The Morgan fingerprint density at radius 1 is 1.48 bits per heavy atom. The van der Waals surface area contributed by atoms with Gasteiger partial charge >= 0.3 is 0 Å². The summed E-state index contributed by atoms with van der Waals surface area (Å²) in [6.07, 6.45) is 0. The normalized spacial score (nSPS) is 14.1. The van der Waals surface area contributed by atoms with Gasteiger partial charge in [0.1, 0.15) is 0 Å². The molecule has 6 nitrogen and oxygen atoms in total. The van der Waals surface area contributed by atoms with Crippen molar-refractivity contribution in [3.63, 3.8) is 0 Å². The molecule has 1 aromatic heterocycles. The third-order valence-electron chi connectivity index (χ3n) is 3.12. The Bertz CT molecular complexity index is 628. The van der Waals surface area contributed by atoms with Crippen molar-refractivity contribution in [1.29, 1.82) is 0 Å². The van der Waals surface area contributed by atoms with Crippen LogP contribution in [-0.2, 0) is 11.3 Å². The smallest absolute Gasteiger partial charge is 0.246 e. The number of carbonyl (C=O) groups is 1. The molecule has 0 unspecified atom stereocenters. The van der Waals surface area contributed by atoms with Crippen molar-refractivity contribution >= 4 is 29.9 Å². The summed E-state index contributed by atoms with van der Waals surface area (Å²) in [5.41, 5.74) is 0.780. The van der Waals surface area contributed by atoms with E-state index in [-0.39, 0.29) is 30.8 Å². The van der Waals surface area contributed by atoms with Gasteiger partial charge in [-0.3, -0.25) is 4.79 Å². The van der Waals surface area contributed by atoms with Crippen LogP contribution in [0.3, 0.4) is 0 Å². The van der Waals surface area contributed by atoms with Crippen LogP contribution >= 0.6 is 24.0 Å². The molecule has 1 aliphatic rings. The van der Waals surface area contributed by atoms with E-state index in [4.69, 9.17) is 16.1 Å². The van der Waals surface area contributed by atoms with E-state index in [0.717, 1.165) is 18.7 Å². The van der Waals surface area contributed by atoms with Gasteiger partial charge in [-0.2, -0.15) is 4.98 Å². The first-order valence-electron chi connectivity index (χ1n) is 6.29. The van der Waals surface area contributed by atoms with Crippen molar-refractivity contribution in [2.75, 3.05) is 13.1 Å². The van der Waals surface area contributed by atoms with Crippen LogP contribution in [0, 0.1) is 5.92 Å². The van der Waals surface area contributed by atoms with E-state index >= 15 is 0 Å². The molecule has 21 heavy (non-hydrogen) atoms. The second kappa shape index (κ2) is 6.89. The number of halogens is 2. The molecule has 1 aliphatic heterocycles. The molecule has 2 N–H and O–H groups in total. The van der Waals surface area contributed by atoms with Crippen molar-refractivity contribution in [2.24, 2.45) is 5.92 Å². The third-order valence-corrected chi connectivity index (χ3v) is 3.35. The fourth-order valence-electron chi connectivity index (χ4n) is 1.85. The summed E-state index contributed by atoms with van der Waals surface area (Å²) in [4.78, 5) is 15.9. The Balaban J connectivity index is 0.00000161. The van der Waals surface area contributed by atoms with Gasteiger partial charge < -0.3 is 15.2 Å². The average Bonchev–Trinajstić information content (AvgIpc) is 2.83. The number of hydrogen-bond acceptors (Lipinski definition) is 5. The number of carbonyl (C=O) groups excluding carboxylic acids is 1. The molecule has 1 aromatic carbocycles. The Hall–Kier alpha value is -1.63. The van der Waals surface area contributed by atoms with Gasteiger partial charge in [0, 0.05) is 23.7 Å². The number of aromatic nitrogens is 2. The maximum absolute atomic E-state index is 11.7. The topological polar surface area (TPSA) is 80.1 Å².